The van der Waals surface area contributed by atoms with E-state index in [4.69, 9.17) is 26.8 Å². The number of hydrogen-bond acceptors (Lipinski definition) is 6. The van der Waals surface area contributed by atoms with Gasteiger partial charge in [-0.05, 0) is 54.3 Å². The molecule has 1 aliphatic heterocycles. The number of carbonyl (C=O) groups excluding carboxylic acids is 2. The molecule has 0 saturated carbocycles. The minimum Gasteiger partial charge on any atom is -0.448 e. The van der Waals surface area contributed by atoms with E-state index in [1.165, 1.54) is 12.1 Å². The third-order valence-corrected chi connectivity index (χ3v) is 7.11. The Hall–Kier alpha value is -3.94. The van der Waals surface area contributed by atoms with Crippen molar-refractivity contribution in [1.29, 1.82) is 0 Å². The molecular formula is C31H34ClF5N4O4. The van der Waals surface area contributed by atoms with Gasteiger partial charge in [0.2, 0.25) is 5.91 Å². The first kappa shape index (κ1) is 35.5. The molecule has 0 aromatic heterocycles. The van der Waals surface area contributed by atoms with Gasteiger partial charge in [0, 0.05) is 35.7 Å². The van der Waals surface area contributed by atoms with E-state index in [2.05, 4.69) is 17.2 Å². The van der Waals surface area contributed by atoms with Crippen molar-refractivity contribution in [3.8, 4) is 0 Å². The summed E-state index contributed by atoms with van der Waals surface area (Å²) in [6, 6.07) is 12.2. The molecule has 3 rings (SSSR count). The van der Waals surface area contributed by atoms with Crippen LogP contribution in [0.4, 0.5) is 26.7 Å². The Morgan fingerprint density at radius 2 is 1.93 bits per heavy atom. The van der Waals surface area contributed by atoms with Crippen LogP contribution in [0.5, 0.6) is 0 Å². The monoisotopic (exact) mass is 656 g/mol. The Kier molecular flexibility index (Phi) is 13.4. The van der Waals surface area contributed by atoms with Crippen molar-refractivity contribution < 1.29 is 41.0 Å². The molecule has 1 fully saturated rings. The number of alkyl carbamates (subject to hydrolysis) is 1. The molecule has 0 radical (unpaired) electrons. The summed E-state index contributed by atoms with van der Waals surface area (Å²) in [5.41, 5.74) is 7.35. The highest BCUT2D eigenvalue weighted by Crippen LogP contribution is 2.31. The summed E-state index contributed by atoms with van der Waals surface area (Å²) in [4.78, 5) is 24.7. The van der Waals surface area contributed by atoms with Crippen LogP contribution in [0.15, 0.2) is 84.5 Å². The van der Waals surface area contributed by atoms with Crippen LogP contribution in [0.3, 0.4) is 0 Å². The predicted molar refractivity (Wildman–Crippen MR) is 159 cm³/mol. The van der Waals surface area contributed by atoms with Gasteiger partial charge in [0.1, 0.15) is 24.8 Å². The number of allylic oxidation sites excluding steroid dienone is 3. The van der Waals surface area contributed by atoms with Crippen molar-refractivity contribution in [2.75, 3.05) is 26.3 Å². The first-order chi connectivity index (χ1) is 21.4. The predicted octanol–water partition coefficient (Wildman–Crippen LogP) is 5.75. The number of benzene rings is 2. The Bertz CT molecular complexity index is 1380. The highest BCUT2D eigenvalue weighted by atomic mass is 35.5. The summed E-state index contributed by atoms with van der Waals surface area (Å²) in [7, 11) is 0. The maximum atomic E-state index is 15.0. The third kappa shape index (κ3) is 11.8. The third-order valence-electron chi connectivity index (χ3n) is 6.88. The lowest BCUT2D eigenvalue weighted by molar-refractivity contribution is -0.124. The molecule has 0 unspecified atom stereocenters. The van der Waals surface area contributed by atoms with Crippen molar-refractivity contribution in [1.82, 2.24) is 16.0 Å². The summed E-state index contributed by atoms with van der Waals surface area (Å²) in [6.45, 7) is 2.13. The molecule has 2 aromatic carbocycles. The highest BCUT2D eigenvalue weighted by Gasteiger charge is 2.29. The number of halogens is 6. The molecule has 0 aliphatic carbocycles. The molecule has 2 amide bonds. The quantitative estimate of drug-likeness (QED) is 0.161. The van der Waals surface area contributed by atoms with Crippen LogP contribution in [-0.2, 0) is 14.3 Å². The van der Waals surface area contributed by atoms with Crippen molar-refractivity contribution in [2.45, 2.75) is 43.5 Å². The van der Waals surface area contributed by atoms with E-state index in [0.717, 1.165) is 17.8 Å². The van der Waals surface area contributed by atoms with E-state index in [1.54, 1.807) is 41.7 Å². The van der Waals surface area contributed by atoms with Crippen LogP contribution in [0.25, 0.3) is 0 Å². The van der Waals surface area contributed by atoms with Crippen molar-refractivity contribution >= 4 is 23.6 Å². The van der Waals surface area contributed by atoms with E-state index in [9.17, 15) is 31.5 Å². The van der Waals surface area contributed by atoms with Crippen LogP contribution >= 0.6 is 11.6 Å². The van der Waals surface area contributed by atoms with E-state index < -0.39 is 54.4 Å². The van der Waals surface area contributed by atoms with Crippen LogP contribution in [0, 0.1) is 5.82 Å². The smallest absolute Gasteiger partial charge is 0.407 e. The SMILES string of the molecule is C=C/C(F)=C(CC[C@@H]1CN[C@H](COC(=O)NCC(F)(F)F)CO1)\C(=C/N)NC(=O)C[C@H](c1ccc(F)cc1)c1cccc(Cl)c1. The molecule has 0 bridgehead atoms. The summed E-state index contributed by atoms with van der Waals surface area (Å²) < 4.78 is 75.8. The minimum absolute atomic E-state index is 0.0428. The largest absolute Gasteiger partial charge is 0.448 e. The maximum Gasteiger partial charge on any atom is 0.407 e. The van der Waals surface area contributed by atoms with Gasteiger partial charge in [0.25, 0.3) is 0 Å². The van der Waals surface area contributed by atoms with Crippen LogP contribution < -0.4 is 21.7 Å². The van der Waals surface area contributed by atoms with E-state index in [1.807, 2.05) is 0 Å². The molecule has 1 aliphatic rings. The Balaban J connectivity index is 1.58. The second-order valence-electron chi connectivity index (χ2n) is 10.2. The fourth-order valence-corrected chi connectivity index (χ4v) is 4.82. The molecule has 8 nitrogen and oxygen atoms in total. The summed E-state index contributed by atoms with van der Waals surface area (Å²) in [5, 5.41) is 7.83. The standard InChI is InChI=1S/C31H34ClF5N4O4/c1-2-27(34)25(11-10-24-15-39-23(16-44-24)17-45-30(43)40-18-31(35,36)37)28(14-38)41-29(42)13-26(19-6-8-22(33)9-7-19)20-4-3-5-21(32)12-20/h2-9,12,14,23-24,26,39H,1,10-11,13,15-18,38H2,(H,40,43)(H,41,42)/b27-25+,28-14+/t23-,24+,26+/m0/s1. The number of hydrogen-bond donors (Lipinski definition) is 4. The lowest BCUT2D eigenvalue weighted by Crippen LogP contribution is -2.49. The Morgan fingerprint density at radius 3 is 2.53 bits per heavy atom. The molecule has 45 heavy (non-hydrogen) atoms. The number of nitrogens with one attached hydrogen (secondary N) is 3. The van der Waals surface area contributed by atoms with Gasteiger partial charge in [0.05, 0.1) is 24.4 Å². The molecule has 14 heteroatoms. The number of nitrogens with two attached hydrogens (primary N) is 1. The van der Waals surface area contributed by atoms with Crippen molar-refractivity contribution in [2.24, 2.45) is 5.73 Å². The van der Waals surface area contributed by atoms with Gasteiger partial charge in [-0.1, -0.05) is 42.4 Å². The zero-order valence-electron chi connectivity index (χ0n) is 24.1. The molecule has 0 spiro atoms. The second-order valence-corrected chi connectivity index (χ2v) is 10.6. The van der Waals surface area contributed by atoms with Crippen molar-refractivity contribution in [3.05, 3.63) is 106 Å². The maximum absolute atomic E-state index is 15.0. The highest BCUT2D eigenvalue weighted by molar-refractivity contribution is 6.30. The van der Waals surface area contributed by atoms with Gasteiger partial charge in [-0.2, -0.15) is 13.2 Å². The number of ether oxygens (including phenoxy) is 2. The number of morpholine rings is 1. The fourth-order valence-electron chi connectivity index (χ4n) is 4.62. The number of carbonyl (C=O) groups is 2. The van der Waals surface area contributed by atoms with Gasteiger partial charge in [-0.3, -0.25) is 4.79 Å². The molecule has 244 valence electrons. The fraction of sp³-hybridized carbons (Fsp3) is 0.355. The topological polar surface area (TPSA) is 115 Å². The molecular weight excluding hydrogens is 623 g/mol. The van der Waals surface area contributed by atoms with Gasteiger partial charge >= 0.3 is 12.3 Å². The van der Waals surface area contributed by atoms with E-state index in [0.29, 0.717) is 17.0 Å². The van der Waals surface area contributed by atoms with Gasteiger partial charge in [0.15, 0.2) is 0 Å². The van der Waals surface area contributed by atoms with E-state index >= 15 is 0 Å². The first-order valence-electron chi connectivity index (χ1n) is 13.9. The van der Waals surface area contributed by atoms with Crippen LogP contribution in [0.1, 0.15) is 36.3 Å². The first-order valence-corrected chi connectivity index (χ1v) is 14.3. The molecule has 2 aromatic rings. The lowest BCUT2D eigenvalue weighted by atomic mass is 9.88. The Morgan fingerprint density at radius 1 is 1.20 bits per heavy atom. The number of rotatable bonds is 13. The number of amides is 2. The summed E-state index contributed by atoms with van der Waals surface area (Å²) in [5.74, 6) is -2.09. The molecule has 3 atom stereocenters. The normalized spacial score (nSPS) is 18.4. The zero-order chi connectivity index (χ0) is 33.0. The summed E-state index contributed by atoms with van der Waals surface area (Å²) >= 11 is 6.18. The van der Waals surface area contributed by atoms with Gasteiger partial charge in [-0.15, -0.1) is 0 Å². The summed E-state index contributed by atoms with van der Waals surface area (Å²) in [6.07, 6.45) is -3.75. The van der Waals surface area contributed by atoms with Crippen molar-refractivity contribution in [3.63, 3.8) is 0 Å². The average molecular weight is 657 g/mol. The van der Waals surface area contributed by atoms with Gasteiger partial charge < -0.3 is 31.2 Å². The molecule has 5 N–H and O–H groups in total. The van der Waals surface area contributed by atoms with Gasteiger partial charge in [-0.25, -0.2) is 13.6 Å². The number of alkyl halides is 3. The van der Waals surface area contributed by atoms with Crippen LogP contribution in [-0.4, -0.2) is 56.6 Å². The zero-order valence-corrected chi connectivity index (χ0v) is 24.9. The Labute approximate surface area is 262 Å². The van der Waals surface area contributed by atoms with Crippen LogP contribution in [0.2, 0.25) is 5.02 Å². The lowest BCUT2D eigenvalue weighted by Gasteiger charge is -2.30. The average Bonchev–Trinajstić information content (AvgIpc) is 3.01. The second kappa shape index (κ2) is 16.9. The van der Waals surface area contributed by atoms with E-state index in [-0.39, 0.29) is 43.9 Å². The minimum atomic E-state index is -4.55. The molecule has 1 heterocycles. The molecule has 1 saturated heterocycles.